The minimum absolute atomic E-state index is 0.727. The van der Waals surface area contributed by atoms with Crippen LogP contribution >= 0.6 is 0 Å². The Kier molecular flexibility index (Phi) is 1.56. The number of rotatable bonds is 1. The van der Waals surface area contributed by atoms with Gasteiger partial charge >= 0.3 is 0 Å². The SMILES string of the molecule is Nc1ccc2nc(-c3ccoc3)[nH]c2c1. The van der Waals surface area contributed by atoms with E-state index in [9.17, 15) is 0 Å². The highest BCUT2D eigenvalue weighted by molar-refractivity contribution is 5.82. The summed E-state index contributed by atoms with van der Waals surface area (Å²) in [5.41, 5.74) is 9.19. The zero-order chi connectivity index (χ0) is 10.3. The van der Waals surface area contributed by atoms with Crippen LogP contribution in [-0.4, -0.2) is 9.97 Å². The molecule has 0 saturated heterocycles. The summed E-state index contributed by atoms with van der Waals surface area (Å²) >= 11 is 0. The van der Waals surface area contributed by atoms with Gasteiger partial charge in [0.2, 0.25) is 0 Å². The van der Waals surface area contributed by atoms with Gasteiger partial charge in [0, 0.05) is 5.69 Å². The van der Waals surface area contributed by atoms with Crippen LogP contribution in [0, 0.1) is 0 Å². The lowest BCUT2D eigenvalue weighted by Gasteiger charge is -1.89. The van der Waals surface area contributed by atoms with Crippen molar-refractivity contribution in [1.82, 2.24) is 9.97 Å². The van der Waals surface area contributed by atoms with E-state index in [4.69, 9.17) is 10.2 Å². The maximum absolute atomic E-state index is 5.69. The van der Waals surface area contributed by atoms with Crippen LogP contribution in [0.3, 0.4) is 0 Å². The smallest absolute Gasteiger partial charge is 0.141 e. The number of aromatic amines is 1. The number of imidazole rings is 1. The van der Waals surface area contributed by atoms with Crippen LogP contribution in [-0.2, 0) is 0 Å². The lowest BCUT2D eigenvalue weighted by Crippen LogP contribution is -1.82. The standard InChI is InChI=1S/C11H9N3O/c12-8-1-2-9-10(5-8)14-11(13-9)7-3-4-15-6-7/h1-6H,12H2,(H,13,14). The number of fused-ring (bicyclic) bond motifs is 1. The van der Waals surface area contributed by atoms with Crippen molar-refractivity contribution in [2.75, 3.05) is 5.73 Å². The van der Waals surface area contributed by atoms with Crippen LogP contribution in [0.15, 0.2) is 41.2 Å². The van der Waals surface area contributed by atoms with Crippen molar-refractivity contribution >= 4 is 16.7 Å². The highest BCUT2D eigenvalue weighted by Gasteiger charge is 2.05. The molecule has 3 rings (SSSR count). The predicted molar refractivity (Wildman–Crippen MR) is 58.2 cm³/mol. The molecule has 0 radical (unpaired) electrons. The fourth-order valence-corrected chi connectivity index (χ4v) is 1.56. The summed E-state index contributed by atoms with van der Waals surface area (Å²) in [5.74, 6) is 0.796. The lowest BCUT2D eigenvalue weighted by atomic mass is 10.3. The van der Waals surface area contributed by atoms with Gasteiger partial charge in [-0.15, -0.1) is 0 Å². The maximum Gasteiger partial charge on any atom is 0.141 e. The highest BCUT2D eigenvalue weighted by Crippen LogP contribution is 2.21. The molecule has 2 aromatic heterocycles. The minimum atomic E-state index is 0.727. The molecule has 0 aliphatic heterocycles. The van der Waals surface area contributed by atoms with Gasteiger partial charge in [0.05, 0.1) is 22.9 Å². The average Bonchev–Trinajstić information content (AvgIpc) is 2.84. The molecule has 4 nitrogen and oxygen atoms in total. The molecular weight excluding hydrogens is 190 g/mol. The van der Waals surface area contributed by atoms with E-state index in [1.807, 2.05) is 24.3 Å². The molecule has 0 amide bonds. The first-order valence-corrected chi connectivity index (χ1v) is 4.61. The lowest BCUT2D eigenvalue weighted by molar-refractivity contribution is 0.568. The third-order valence-corrected chi connectivity index (χ3v) is 2.30. The number of nitrogens with one attached hydrogen (secondary N) is 1. The third kappa shape index (κ3) is 1.27. The fourth-order valence-electron chi connectivity index (χ4n) is 1.56. The van der Waals surface area contributed by atoms with E-state index in [2.05, 4.69) is 9.97 Å². The maximum atomic E-state index is 5.69. The summed E-state index contributed by atoms with van der Waals surface area (Å²) in [6, 6.07) is 7.46. The van der Waals surface area contributed by atoms with Gasteiger partial charge in [-0.25, -0.2) is 4.98 Å². The molecule has 0 spiro atoms. The van der Waals surface area contributed by atoms with Gasteiger partial charge in [-0.2, -0.15) is 0 Å². The number of nitrogens with two attached hydrogens (primary N) is 1. The van der Waals surface area contributed by atoms with Crippen LogP contribution in [0.1, 0.15) is 0 Å². The van der Waals surface area contributed by atoms with Crippen LogP contribution < -0.4 is 5.73 Å². The Bertz CT molecular complexity index is 595. The Morgan fingerprint density at radius 2 is 2.20 bits per heavy atom. The van der Waals surface area contributed by atoms with E-state index in [-0.39, 0.29) is 0 Å². The van der Waals surface area contributed by atoms with Gasteiger partial charge in [0.25, 0.3) is 0 Å². The summed E-state index contributed by atoms with van der Waals surface area (Å²) in [4.78, 5) is 7.61. The second kappa shape index (κ2) is 2.88. The van der Waals surface area contributed by atoms with Crippen LogP contribution in [0.5, 0.6) is 0 Å². The molecule has 0 aliphatic rings. The zero-order valence-electron chi connectivity index (χ0n) is 7.90. The number of anilines is 1. The molecule has 3 N–H and O–H groups in total. The molecule has 0 unspecified atom stereocenters. The van der Waals surface area contributed by atoms with Gasteiger partial charge in [0.15, 0.2) is 0 Å². The van der Waals surface area contributed by atoms with E-state index in [1.54, 1.807) is 12.5 Å². The molecule has 74 valence electrons. The van der Waals surface area contributed by atoms with Crippen LogP contribution in [0.4, 0.5) is 5.69 Å². The molecule has 0 saturated carbocycles. The van der Waals surface area contributed by atoms with Crippen molar-refractivity contribution in [1.29, 1.82) is 0 Å². The zero-order valence-corrected chi connectivity index (χ0v) is 7.90. The Morgan fingerprint density at radius 3 is 3.00 bits per heavy atom. The topological polar surface area (TPSA) is 67.8 Å². The first-order chi connectivity index (χ1) is 7.33. The molecule has 15 heavy (non-hydrogen) atoms. The molecule has 0 bridgehead atoms. The Hall–Kier alpha value is -2.23. The minimum Gasteiger partial charge on any atom is -0.472 e. The number of H-pyrrole nitrogens is 1. The van der Waals surface area contributed by atoms with E-state index in [0.29, 0.717) is 0 Å². The van der Waals surface area contributed by atoms with Crippen molar-refractivity contribution < 1.29 is 4.42 Å². The predicted octanol–water partition coefficient (Wildman–Crippen LogP) is 2.41. The Balaban J connectivity index is 2.22. The number of hydrogen-bond donors (Lipinski definition) is 2. The molecule has 0 atom stereocenters. The Labute approximate surface area is 85.7 Å². The van der Waals surface area contributed by atoms with E-state index >= 15 is 0 Å². The van der Waals surface area contributed by atoms with E-state index in [1.165, 1.54) is 0 Å². The Morgan fingerprint density at radius 1 is 1.27 bits per heavy atom. The van der Waals surface area contributed by atoms with Crippen molar-refractivity contribution in [3.05, 3.63) is 36.8 Å². The number of benzene rings is 1. The summed E-state index contributed by atoms with van der Waals surface area (Å²) in [6.07, 6.45) is 3.28. The molecule has 4 heteroatoms. The second-order valence-corrected chi connectivity index (χ2v) is 3.37. The molecular formula is C11H9N3O. The van der Waals surface area contributed by atoms with E-state index < -0.39 is 0 Å². The number of nitrogens with zero attached hydrogens (tertiary/aromatic N) is 1. The van der Waals surface area contributed by atoms with E-state index in [0.717, 1.165) is 28.1 Å². The van der Waals surface area contributed by atoms with Gasteiger partial charge < -0.3 is 15.1 Å². The summed E-state index contributed by atoms with van der Waals surface area (Å²) in [7, 11) is 0. The van der Waals surface area contributed by atoms with Gasteiger partial charge in [0.1, 0.15) is 12.1 Å². The fraction of sp³-hybridized carbons (Fsp3) is 0. The first-order valence-electron chi connectivity index (χ1n) is 4.61. The average molecular weight is 199 g/mol. The quantitative estimate of drug-likeness (QED) is 0.591. The number of nitrogen functional groups attached to an aromatic ring is 1. The third-order valence-electron chi connectivity index (χ3n) is 2.30. The van der Waals surface area contributed by atoms with Crippen molar-refractivity contribution in [2.24, 2.45) is 0 Å². The normalized spacial score (nSPS) is 10.9. The van der Waals surface area contributed by atoms with Crippen LogP contribution in [0.25, 0.3) is 22.4 Å². The largest absolute Gasteiger partial charge is 0.472 e. The van der Waals surface area contributed by atoms with Crippen molar-refractivity contribution in [2.45, 2.75) is 0 Å². The van der Waals surface area contributed by atoms with Crippen LogP contribution in [0.2, 0.25) is 0 Å². The van der Waals surface area contributed by atoms with Crippen molar-refractivity contribution in [3.8, 4) is 11.4 Å². The molecule has 0 fully saturated rings. The van der Waals surface area contributed by atoms with Gasteiger partial charge in [-0.3, -0.25) is 0 Å². The summed E-state index contributed by atoms with van der Waals surface area (Å²) in [6.45, 7) is 0. The molecule has 0 aliphatic carbocycles. The molecule has 1 aromatic carbocycles. The molecule has 3 aromatic rings. The number of hydrogen-bond acceptors (Lipinski definition) is 3. The second-order valence-electron chi connectivity index (χ2n) is 3.37. The monoisotopic (exact) mass is 199 g/mol. The first kappa shape index (κ1) is 8.11. The summed E-state index contributed by atoms with van der Waals surface area (Å²) < 4.78 is 5.00. The summed E-state index contributed by atoms with van der Waals surface area (Å²) in [5, 5.41) is 0. The number of furan rings is 1. The van der Waals surface area contributed by atoms with Crippen molar-refractivity contribution in [3.63, 3.8) is 0 Å². The highest BCUT2D eigenvalue weighted by atomic mass is 16.3. The van der Waals surface area contributed by atoms with Gasteiger partial charge in [-0.05, 0) is 24.3 Å². The van der Waals surface area contributed by atoms with Gasteiger partial charge in [-0.1, -0.05) is 0 Å². The number of aromatic nitrogens is 2. The molecule has 2 heterocycles.